The number of aliphatic imine (C=N–C) groups is 2. The van der Waals surface area contributed by atoms with Crippen molar-refractivity contribution in [2.45, 2.75) is 52.4 Å². The molecule has 0 saturated heterocycles. The molecule has 0 bridgehead atoms. The molecule has 2 rings (SSSR count). The van der Waals surface area contributed by atoms with Gasteiger partial charge >= 0.3 is 0 Å². The van der Waals surface area contributed by atoms with Gasteiger partial charge in [-0.3, -0.25) is 9.98 Å². The first kappa shape index (κ1) is 18.1. The van der Waals surface area contributed by atoms with Gasteiger partial charge in [0.25, 0.3) is 0 Å². The van der Waals surface area contributed by atoms with Gasteiger partial charge in [-0.2, -0.15) is 0 Å². The number of para-hydroxylation sites is 2. The fourth-order valence-electron chi connectivity index (χ4n) is 2.67. The van der Waals surface area contributed by atoms with Crippen molar-refractivity contribution >= 4 is 23.8 Å². The lowest BCUT2D eigenvalue weighted by molar-refractivity contribution is 0.591. The Balaban J connectivity index is 2.24. The van der Waals surface area contributed by atoms with Crippen LogP contribution in [0.3, 0.4) is 0 Å². The van der Waals surface area contributed by atoms with Gasteiger partial charge in [0.15, 0.2) is 0 Å². The highest BCUT2D eigenvalue weighted by Gasteiger charge is 2.17. The van der Waals surface area contributed by atoms with Crippen molar-refractivity contribution in [1.82, 2.24) is 0 Å². The second-order valence-electron chi connectivity index (χ2n) is 8.09. The molecular weight excluding hydrogens is 292 g/mol. The van der Waals surface area contributed by atoms with Crippen molar-refractivity contribution in [1.29, 1.82) is 0 Å². The molecule has 126 valence electrons. The summed E-state index contributed by atoms with van der Waals surface area (Å²) >= 11 is 0. The van der Waals surface area contributed by atoms with Gasteiger partial charge in [-0.05, 0) is 34.1 Å². The molecule has 24 heavy (non-hydrogen) atoms. The molecule has 2 aromatic carbocycles. The Bertz CT molecular complexity index is 676. The standard InChI is InChI=1S/C22H28N2/c1-21(2,3)17-11-7-9-13-19(17)23-15-16-24-20-14-10-8-12-18(20)22(4,5)6/h7-16H,1-6H3/b23-15+,24-16+. The molecular formula is C22H28N2. The minimum Gasteiger partial charge on any atom is -0.255 e. The Morgan fingerprint density at radius 1 is 0.583 bits per heavy atom. The van der Waals surface area contributed by atoms with E-state index in [4.69, 9.17) is 0 Å². The van der Waals surface area contributed by atoms with E-state index in [0.717, 1.165) is 11.4 Å². The maximum atomic E-state index is 4.61. The van der Waals surface area contributed by atoms with Crippen LogP contribution >= 0.6 is 0 Å². The Morgan fingerprint density at radius 3 is 1.25 bits per heavy atom. The Hall–Kier alpha value is -2.22. The first-order valence-corrected chi connectivity index (χ1v) is 8.45. The van der Waals surface area contributed by atoms with Crippen molar-refractivity contribution in [2.75, 3.05) is 0 Å². The second-order valence-corrected chi connectivity index (χ2v) is 8.09. The zero-order valence-electron chi connectivity index (χ0n) is 15.7. The highest BCUT2D eigenvalue weighted by Crippen LogP contribution is 2.32. The topological polar surface area (TPSA) is 24.7 Å². The molecule has 0 unspecified atom stereocenters. The smallest absolute Gasteiger partial charge is 0.0667 e. The average Bonchev–Trinajstić information content (AvgIpc) is 2.50. The van der Waals surface area contributed by atoms with E-state index in [1.165, 1.54) is 11.1 Å². The highest BCUT2D eigenvalue weighted by molar-refractivity contribution is 6.17. The summed E-state index contributed by atoms with van der Waals surface area (Å²) in [5, 5.41) is 0. The van der Waals surface area contributed by atoms with Crippen molar-refractivity contribution in [3.8, 4) is 0 Å². The van der Waals surface area contributed by atoms with E-state index < -0.39 is 0 Å². The van der Waals surface area contributed by atoms with Crippen LogP contribution in [0.15, 0.2) is 58.5 Å². The molecule has 0 saturated carbocycles. The van der Waals surface area contributed by atoms with E-state index in [1.54, 1.807) is 12.4 Å². The number of nitrogens with zero attached hydrogens (tertiary/aromatic N) is 2. The van der Waals surface area contributed by atoms with E-state index >= 15 is 0 Å². The largest absolute Gasteiger partial charge is 0.255 e. The molecule has 0 radical (unpaired) electrons. The Morgan fingerprint density at radius 2 is 0.917 bits per heavy atom. The summed E-state index contributed by atoms with van der Waals surface area (Å²) in [5.74, 6) is 0. The summed E-state index contributed by atoms with van der Waals surface area (Å²) in [6, 6.07) is 16.5. The third kappa shape index (κ3) is 4.64. The quantitative estimate of drug-likeness (QED) is 0.586. The van der Waals surface area contributed by atoms with Crippen LogP contribution in [0, 0.1) is 0 Å². The predicted octanol–water partition coefficient (Wildman–Crippen LogP) is 6.39. The third-order valence-corrected chi connectivity index (χ3v) is 3.92. The van der Waals surface area contributed by atoms with E-state index in [-0.39, 0.29) is 10.8 Å². The molecule has 0 aliphatic rings. The van der Waals surface area contributed by atoms with Gasteiger partial charge in [-0.25, -0.2) is 0 Å². The summed E-state index contributed by atoms with van der Waals surface area (Å²) in [6.45, 7) is 13.2. The van der Waals surface area contributed by atoms with Crippen LogP contribution in [0.25, 0.3) is 0 Å². The van der Waals surface area contributed by atoms with Gasteiger partial charge in [0, 0.05) is 12.4 Å². The Kier molecular flexibility index (Phi) is 5.38. The summed E-state index contributed by atoms with van der Waals surface area (Å²) in [4.78, 5) is 9.21. The van der Waals surface area contributed by atoms with Crippen LogP contribution < -0.4 is 0 Å². The van der Waals surface area contributed by atoms with Crippen LogP contribution in [0.1, 0.15) is 52.7 Å². The molecule has 0 spiro atoms. The minimum absolute atomic E-state index is 0.0733. The van der Waals surface area contributed by atoms with Gasteiger partial charge in [0.1, 0.15) is 0 Å². The van der Waals surface area contributed by atoms with Gasteiger partial charge in [-0.1, -0.05) is 77.9 Å². The minimum atomic E-state index is 0.0733. The average molecular weight is 320 g/mol. The molecule has 2 heteroatoms. The molecule has 0 atom stereocenters. The van der Waals surface area contributed by atoms with Gasteiger partial charge in [0.2, 0.25) is 0 Å². The zero-order chi connectivity index (χ0) is 17.8. The molecule has 0 aliphatic carbocycles. The lowest BCUT2D eigenvalue weighted by Crippen LogP contribution is -2.11. The zero-order valence-corrected chi connectivity index (χ0v) is 15.7. The molecule has 0 N–H and O–H groups in total. The van der Waals surface area contributed by atoms with Gasteiger partial charge < -0.3 is 0 Å². The van der Waals surface area contributed by atoms with Crippen LogP contribution in [0.4, 0.5) is 11.4 Å². The molecule has 0 aliphatic heterocycles. The number of hydrogen-bond acceptors (Lipinski definition) is 2. The van der Waals surface area contributed by atoms with Crippen LogP contribution in [0.5, 0.6) is 0 Å². The van der Waals surface area contributed by atoms with Crippen LogP contribution in [0.2, 0.25) is 0 Å². The van der Waals surface area contributed by atoms with Crippen molar-refractivity contribution < 1.29 is 0 Å². The number of hydrogen-bond donors (Lipinski definition) is 0. The highest BCUT2D eigenvalue weighted by atomic mass is 14.8. The van der Waals surface area contributed by atoms with Crippen molar-refractivity contribution in [3.05, 3.63) is 59.7 Å². The number of rotatable bonds is 3. The fraction of sp³-hybridized carbons (Fsp3) is 0.364. The summed E-state index contributed by atoms with van der Waals surface area (Å²) < 4.78 is 0. The third-order valence-electron chi connectivity index (χ3n) is 3.92. The number of benzene rings is 2. The predicted molar refractivity (Wildman–Crippen MR) is 107 cm³/mol. The first-order chi connectivity index (χ1) is 11.2. The van der Waals surface area contributed by atoms with Gasteiger partial charge in [0.05, 0.1) is 11.4 Å². The van der Waals surface area contributed by atoms with E-state index in [2.05, 4.69) is 75.8 Å². The maximum Gasteiger partial charge on any atom is 0.0667 e. The molecule has 0 heterocycles. The van der Waals surface area contributed by atoms with Crippen molar-refractivity contribution in [2.24, 2.45) is 9.98 Å². The molecule has 2 aromatic rings. The fourth-order valence-corrected chi connectivity index (χ4v) is 2.67. The summed E-state index contributed by atoms with van der Waals surface area (Å²) in [5.41, 5.74) is 4.63. The lowest BCUT2D eigenvalue weighted by Gasteiger charge is -2.21. The monoisotopic (exact) mass is 320 g/mol. The van der Waals surface area contributed by atoms with E-state index in [0.29, 0.717) is 0 Å². The summed E-state index contributed by atoms with van der Waals surface area (Å²) in [6.07, 6.45) is 3.56. The van der Waals surface area contributed by atoms with Gasteiger partial charge in [-0.15, -0.1) is 0 Å². The normalized spacial score (nSPS) is 13.1. The maximum absolute atomic E-state index is 4.61. The molecule has 0 amide bonds. The Labute approximate surface area is 146 Å². The molecule has 0 fully saturated rings. The lowest BCUT2D eigenvalue weighted by atomic mass is 9.86. The van der Waals surface area contributed by atoms with Crippen molar-refractivity contribution in [3.63, 3.8) is 0 Å². The van der Waals surface area contributed by atoms with E-state index in [9.17, 15) is 0 Å². The molecule has 2 nitrogen and oxygen atoms in total. The SMILES string of the molecule is CC(C)(C)c1ccccc1/N=C/C=N/c1ccccc1C(C)(C)C. The molecule has 0 aromatic heterocycles. The first-order valence-electron chi connectivity index (χ1n) is 8.45. The van der Waals surface area contributed by atoms with Crippen LogP contribution in [-0.4, -0.2) is 12.4 Å². The van der Waals surface area contributed by atoms with E-state index in [1.807, 2.05) is 24.3 Å². The van der Waals surface area contributed by atoms with Crippen LogP contribution in [-0.2, 0) is 10.8 Å². The summed E-state index contributed by atoms with van der Waals surface area (Å²) in [7, 11) is 0. The second kappa shape index (κ2) is 7.12.